The fourth-order valence-corrected chi connectivity index (χ4v) is 2.46. The molecular weight excluding hydrogens is 202 g/mol. The Balaban J connectivity index is 1.97. The molecule has 1 heterocycles. The minimum absolute atomic E-state index is 0.541. The predicted octanol–water partition coefficient (Wildman–Crippen LogP) is 3.94. The molecule has 0 radical (unpaired) electrons. The zero-order chi connectivity index (χ0) is 10.5. The average Bonchev–Trinajstić information content (AvgIpc) is 2.65. The quantitative estimate of drug-likeness (QED) is 0.747. The third-order valence-corrected chi connectivity index (χ3v) is 3.56. The summed E-state index contributed by atoms with van der Waals surface area (Å²) in [7, 11) is 0. The molecule has 1 aromatic heterocycles. The van der Waals surface area contributed by atoms with E-state index in [9.17, 15) is 0 Å². The van der Waals surface area contributed by atoms with Crippen LogP contribution in [0.3, 0.4) is 0 Å². The van der Waals surface area contributed by atoms with Gasteiger partial charge in [0.1, 0.15) is 0 Å². The van der Waals surface area contributed by atoms with Gasteiger partial charge in [0, 0.05) is 17.5 Å². The van der Waals surface area contributed by atoms with Gasteiger partial charge in [-0.3, -0.25) is 0 Å². The van der Waals surface area contributed by atoms with E-state index in [0.717, 1.165) is 6.42 Å². The number of hydrogen-bond acceptors (Lipinski definition) is 2. The number of nitrogens with zero attached hydrogens (tertiary/aromatic N) is 1. The van der Waals surface area contributed by atoms with E-state index in [1.807, 2.05) is 11.6 Å². The topological polar surface area (TPSA) is 12.9 Å². The van der Waals surface area contributed by atoms with Crippen molar-refractivity contribution >= 4 is 11.3 Å². The lowest BCUT2D eigenvalue weighted by Crippen LogP contribution is -2.00. The van der Waals surface area contributed by atoms with Crippen molar-refractivity contribution in [2.75, 3.05) is 0 Å². The maximum atomic E-state index is 4.36. The largest absolute Gasteiger partial charge is 0.249 e. The predicted molar refractivity (Wildman–Crippen MR) is 66.1 cm³/mol. The van der Waals surface area contributed by atoms with E-state index in [4.69, 9.17) is 0 Å². The Morgan fingerprint density at radius 3 is 2.60 bits per heavy atom. The molecule has 2 rings (SSSR count). The van der Waals surface area contributed by atoms with Crippen LogP contribution in [0, 0.1) is 5.92 Å². The first-order valence-electron chi connectivity index (χ1n) is 5.27. The van der Waals surface area contributed by atoms with Gasteiger partial charge < -0.3 is 0 Å². The molecule has 0 spiro atoms. The smallest absolute Gasteiger partial charge is 0.0953 e. The van der Waals surface area contributed by atoms with Gasteiger partial charge in [0.15, 0.2) is 0 Å². The molecule has 0 amide bonds. The molecule has 0 fully saturated rings. The number of thiazole rings is 1. The first-order chi connectivity index (χ1) is 7.36. The number of rotatable bonds is 3. The van der Waals surface area contributed by atoms with Gasteiger partial charge >= 0.3 is 0 Å². The molecule has 0 saturated heterocycles. The second-order valence-corrected chi connectivity index (χ2v) is 4.75. The van der Waals surface area contributed by atoms with E-state index in [0.29, 0.717) is 11.8 Å². The van der Waals surface area contributed by atoms with Crippen molar-refractivity contribution in [3.63, 3.8) is 0 Å². The molecule has 0 aromatic carbocycles. The Morgan fingerprint density at radius 1 is 1.27 bits per heavy atom. The second-order valence-electron chi connectivity index (χ2n) is 3.83. The second kappa shape index (κ2) is 5.08. The summed E-state index contributed by atoms with van der Waals surface area (Å²) in [5.41, 5.74) is 0. The highest BCUT2D eigenvalue weighted by molar-refractivity contribution is 7.09. The van der Waals surface area contributed by atoms with Crippen LogP contribution in [-0.4, -0.2) is 4.98 Å². The third kappa shape index (κ3) is 2.90. The molecule has 0 aliphatic heterocycles. The number of allylic oxidation sites excluding steroid dienone is 6. The Labute approximate surface area is 94.9 Å². The molecule has 15 heavy (non-hydrogen) atoms. The van der Waals surface area contributed by atoms with Gasteiger partial charge in [0.2, 0.25) is 0 Å². The van der Waals surface area contributed by atoms with Gasteiger partial charge in [-0.25, -0.2) is 4.98 Å². The summed E-state index contributed by atoms with van der Waals surface area (Å²) in [6.45, 7) is 2.25. The standard InChI is InChI=1S/C13H15NS/c1-11(13-14-8-9-15-13)10-12-6-4-2-3-5-7-12/h2-9,11-12H,10H2,1H3. The van der Waals surface area contributed by atoms with Crippen LogP contribution in [0.25, 0.3) is 0 Å². The molecule has 0 bridgehead atoms. The van der Waals surface area contributed by atoms with E-state index in [2.05, 4.69) is 48.4 Å². The summed E-state index contributed by atoms with van der Waals surface area (Å²) in [6, 6.07) is 0. The van der Waals surface area contributed by atoms with Gasteiger partial charge in [-0.2, -0.15) is 0 Å². The van der Waals surface area contributed by atoms with E-state index in [-0.39, 0.29) is 0 Å². The zero-order valence-electron chi connectivity index (χ0n) is 8.84. The van der Waals surface area contributed by atoms with E-state index < -0.39 is 0 Å². The minimum Gasteiger partial charge on any atom is -0.249 e. The molecule has 1 unspecified atom stereocenters. The van der Waals surface area contributed by atoms with Crippen LogP contribution in [0.2, 0.25) is 0 Å². The Morgan fingerprint density at radius 2 is 2.00 bits per heavy atom. The molecule has 1 atom stereocenters. The van der Waals surface area contributed by atoms with Crippen LogP contribution in [0.1, 0.15) is 24.3 Å². The van der Waals surface area contributed by atoms with Crippen molar-refractivity contribution in [2.45, 2.75) is 19.3 Å². The maximum Gasteiger partial charge on any atom is 0.0953 e. The van der Waals surface area contributed by atoms with Gasteiger partial charge in [0.25, 0.3) is 0 Å². The molecule has 0 N–H and O–H groups in total. The van der Waals surface area contributed by atoms with Crippen LogP contribution in [0.4, 0.5) is 0 Å². The molecule has 1 aliphatic carbocycles. The summed E-state index contributed by atoms with van der Waals surface area (Å²) in [4.78, 5) is 4.36. The minimum atomic E-state index is 0.541. The van der Waals surface area contributed by atoms with Crippen molar-refractivity contribution in [1.82, 2.24) is 4.98 Å². The highest BCUT2D eigenvalue weighted by atomic mass is 32.1. The van der Waals surface area contributed by atoms with Gasteiger partial charge in [0.05, 0.1) is 5.01 Å². The van der Waals surface area contributed by atoms with Gasteiger partial charge in [-0.1, -0.05) is 43.4 Å². The zero-order valence-corrected chi connectivity index (χ0v) is 9.65. The van der Waals surface area contributed by atoms with Crippen LogP contribution < -0.4 is 0 Å². The van der Waals surface area contributed by atoms with Crippen LogP contribution in [0.5, 0.6) is 0 Å². The maximum absolute atomic E-state index is 4.36. The summed E-state index contributed by atoms with van der Waals surface area (Å²) >= 11 is 1.75. The normalized spacial score (nSPS) is 17.9. The van der Waals surface area contributed by atoms with Crippen LogP contribution in [0.15, 0.2) is 48.0 Å². The molecule has 1 aliphatic rings. The Hall–Kier alpha value is -1.15. The van der Waals surface area contributed by atoms with Crippen molar-refractivity contribution in [2.24, 2.45) is 5.92 Å². The lowest BCUT2D eigenvalue weighted by Gasteiger charge is -2.12. The van der Waals surface area contributed by atoms with Crippen molar-refractivity contribution in [1.29, 1.82) is 0 Å². The highest BCUT2D eigenvalue weighted by Gasteiger charge is 2.12. The number of aromatic nitrogens is 1. The van der Waals surface area contributed by atoms with E-state index in [1.54, 1.807) is 11.3 Å². The molecular formula is C13H15NS. The third-order valence-electron chi connectivity index (χ3n) is 2.55. The number of hydrogen-bond donors (Lipinski definition) is 0. The van der Waals surface area contributed by atoms with Crippen molar-refractivity contribution < 1.29 is 0 Å². The fourth-order valence-electron chi connectivity index (χ4n) is 1.75. The van der Waals surface area contributed by atoms with Crippen molar-refractivity contribution in [3.05, 3.63) is 53.0 Å². The molecule has 2 heteroatoms. The van der Waals surface area contributed by atoms with Crippen molar-refractivity contribution in [3.8, 4) is 0 Å². The SMILES string of the molecule is CC(CC1C=CC=CC=C1)c1nccs1. The lowest BCUT2D eigenvalue weighted by molar-refractivity contribution is 0.605. The summed E-state index contributed by atoms with van der Waals surface area (Å²) in [6.07, 6.45) is 15.9. The molecule has 0 saturated carbocycles. The summed E-state index contributed by atoms with van der Waals surface area (Å²) in [5, 5.41) is 3.29. The molecule has 78 valence electrons. The van der Waals surface area contributed by atoms with Crippen LogP contribution in [-0.2, 0) is 0 Å². The van der Waals surface area contributed by atoms with E-state index in [1.165, 1.54) is 5.01 Å². The monoisotopic (exact) mass is 217 g/mol. The highest BCUT2D eigenvalue weighted by Crippen LogP contribution is 2.26. The first kappa shape index (κ1) is 10.4. The van der Waals surface area contributed by atoms with E-state index >= 15 is 0 Å². The van der Waals surface area contributed by atoms with Gasteiger partial charge in [-0.15, -0.1) is 11.3 Å². The fraction of sp³-hybridized carbons (Fsp3) is 0.308. The summed E-state index contributed by atoms with van der Waals surface area (Å²) in [5.74, 6) is 1.08. The molecule has 1 nitrogen and oxygen atoms in total. The van der Waals surface area contributed by atoms with Gasteiger partial charge in [-0.05, 0) is 12.3 Å². The average molecular weight is 217 g/mol. The Kier molecular flexibility index (Phi) is 3.51. The Bertz CT molecular complexity index is 357. The summed E-state index contributed by atoms with van der Waals surface area (Å²) < 4.78 is 0. The molecule has 1 aromatic rings. The van der Waals surface area contributed by atoms with Crippen LogP contribution >= 0.6 is 11.3 Å². The lowest BCUT2D eigenvalue weighted by atomic mass is 9.96. The first-order valence-corrected chi connectivity index (χ1v) is 6.15.